The van der Waals surface area contributed by atoms with Crippen LogP contribution in [0.1, 0.15) is 54.1 Å². The van der Waals surface area contributed by atoms with E-state index >= 15 is 0 Å². The lowest BCUT2D eigenvalue weighted by atomic mass is 9.92. The summed E-state index contributed by atoms with van der Waals surface area (Å²) in [5, 5.41) is 4.18. The molecule has 0 saturated carbocycles. The minimum atomic E-state index is -3.47. The SMILES string of the molecule is Cc1ccc(-c2nc(C3CCN(S(=O)(=O)c4ccc5c(c4)CCCC5)CC3)no2)cc1. The summed E-state index contributed by atoms with van der Waals surface area (Å²) < 4.78 is 33.5. The van der Waals surface area contributed by atoms with Crippen LogP contribution >= 0.6 is 0 Å². The maximum atomic E-state index is 13.2. The average molecular weight is 438 g/mol. The van der Waals surface area contributed by atoms with Crippen LogP contribution in [0.2, 0.25) is 0 Å². The minimum absolute atomic E-state index is 0.109. The Hall–Kier alpha value is -2.51. The largest absolute Gasteiger partial charge is 0.334 e. The third-order valence-electron chi connectivity index (χ3n) is 6.52. The molecule has 1 aliphatic heterocycles. The second-order valence-corrected chi connectivity index (χ2v) is 10.6. The van der Waals surface area contributed by atoms with Crippen molar-refractivity contribution in [3.05, 3.63) is 65.0 Å². The molecule has 1 saturated heterocycles. The summed E-state index contributed by atoms with van der Waals surface area (Å²) in [6.07, 6.45) is 5.73. The fraction of sp³-hybridized carbons (Fsp3) is 0.417. The summed E-state index contributed by atoms with van der Waals surface area (Å²) >= 11 is 0. The van der Waals surface area contributed by atoms with E-state index in [9.17, 15) is 8.42 Å². The zero-order valence-electron chi connectivity index (χ0n) is 17.8. The quantitative estimate of drug-likeness (QED) is 0.601. The van der Waals surface area contributed by atoms with E-state index in [1.807, 2.05) is 43.3 Å². The van der Waals surface area contributed by atoms with Gasteiger partial charge in [0.25, 0.3) is 5.89 Å². The van der Waals surface area contributed by atoms with Crippen LogP contribution in [-0.2, 0) is 22.9 Å². The van der Waals surface area contributed by atoms with Crippen molar-refractivity contribution >= 4 is 10.0 Å². The lowest BCUT2D eigenvalue weighted by molar-refractivity contribution is 0.307. The Bertz CT molecular complexity index is 1180. The number of sulfonamides is 1. The number of aryl methyl sites for hydroxylation is 3. The van der Waals surface area contributed by atoms with E-state index in [2.05, 4.69) is 10.1 Å². The molecule has 2 heterocycles. The molecule has 7 heteroatoms. The molecule has 0 spiro atoms. The van der Waals surface area contributed by atoms with Crippen molar-refractivity contribution in [3.63, 3.8) is 0 Å². The number of fused-ring (bicyclic) bond motifs is 1. The molecule has 1 aromatic heterocycles. The molecule has 1 aliphatic carbocycles. The van der Waals surface area contributed by atoms with Gasteiger partial charge in [0, 0.05) is 24.6 Å². The number of nitrogens with zero attached hydrogens (tertiary/aromatic N) is 3. The smallest absolute Gasteiger partial charge is 0.257 e. The second kappa shape index (κ2) is 8.20. The van der Waals surface area contributed by atoms with Crippen LogP contribution in [0.25, 0.3) is 11.5 Å². The number of benzene rings is 2. The summed E-state index contributed by atoms with van der Waals surface area (Å²) in [4.78, 5) is 5.01. The Morgan fingerprint density at radius 1 is 0.968 bits per heavy atom. The lowest BCUT2D eigenvalue weighted by Gasteiger charge is -2.30. The first-order valence-electron chi connectivity index (χ1n) is 11.0. The molecule has 31 heavy (non-hydrogen) atoms. The molecule has 0 unspecified atom stereocenters. The Balaban J connectivity index is 1.27. The van der Waals surface area contributed by atoms with Gasteiger partial charge in [-0.3, -0.25) is 0 Å². The average Bonchev–Trinajstić information content (AvgIpc) is 3.29. The molecule has 0 atom stereocenters. The van der Waals surface area contributed by atoms with Crippen molar-refractivity contribution < 1.29 is 12.9 Å². The van der Waals surface area contributed by atoms with E-state index in [1.165, 1.54) is 23.1 Å². The van der Waals surface area contributed by atoms with Gasteiger partial charge in [0.1, 0.15) is 0 Å². The van der Waals surface area contributed by atoms with Crippen LogP contribution in [0.5, 0.6) is 0 Å². The van der Waals surface area contributed by atoms with Crippen LogP contribution in [0.4, 0.5) is 0 Å². The van der Waals surface area contributed by atoms with Crippen LogP contribution in [0, 0.1) is 6.92 Å². The zero-order chi connectivity index (χ0) is 21.4. The van der Waals surface area contributed by atoms with E-state index in [-0.39, 0.29) is 5.92 Å². The Morgan fingerprint density at radius 3 is 2.42 bits per heavy atom. The number of rotatable bonds is 4. The maximum absolute atomic E-state index is 13.2. The van der Waals surface area contributed by atoms with Crippen molar-refractivity contribution in [1.29, 1.82) is 0 Å². The van der Waals surface area contributed by atoms with Gasteiger partial charge in [0.15, 0.2) is 5.82 Å². The predicted molar refractivity (Wildman–Crippen MR) is 118 cm³/mol. The van der Waals surface area contributed by atoms with Gasteiger partial charge >= 0.3 is 0 Å². The van der Waals surface area contributed by atoms with Gasteiger partial charge in [-0.25, -0.2) is 8.42 Å². The van der Waals surface area contributed by atoms with E-state index in [1.54, 1.807) is 10.4 Å². The highest BCUT2D eigenvalue weighted by Gasteiger charge is 2.32. The molecule has 5 rings (SSSR count). The standard InChI is InChI=1S/C24H27N3O3S/c1-17-6-8-20(9-7-17)24-25-23(26-30-24)19-12-14-27(15-13-19)31(28,29)22-11-10-18-4-2-3-5-21(18)16-22/h6-11,16,19H,2-5,12-15H2,1H3. The number of piperidine rings is 1. The second-order valence-electron chi connectivity index (χ2n) is 8.64. The van der Waals surface area contributed by atoms with Gasteiger partial charge in [-0.1, -0.05) is 28.9 Å². The molecule has 1 fully saturated rings. The first-order chi connectivity index (χ1) is 15.0. The van der Waals surface area contributed by atoms with Gasteiger partial charge in [-0.2, -0.15) is 9.29 Å². The topological polar surface area (TPSA) is 76.3 Å². The summed E-state index contributed by atoms with van der Waals surface area (Å²) in [5.74, 6) is 1.29. The molecule has 0 radical (unpaired) electrons. The van der Waals surface area contributed by atoms with Gasteiger partial charge in [-0.05, 0) is 80.8 Å². The van der Waals surface area contributed by atoms with E-state index in [0.29, 0.717) is 42.5 Å². The van der Waals surface area contributed by atoms with Gasteiger partial charge in [-0.15, -0.1) is 0 Å². The van der Waals surface area contributed by atoms with Crippen molar-refractivity contribution in [3.8, 4) is 11.5 Å². The Kier molecular flexibility index (Phi) is 5.40. The fourth-order valence-corrected chi connectivity index (χ4v) is 6.11. The highest BCUT2D eigenvalue weighted by atomic mass is 32.2. The summed E-state index contributed by atoms with van der Waals surface area (Å²) in [7, 11) is -3.47. The number of aromatic nitrogens is 2. The number of hydrogen-bond acceptors (Lipinski definition) is 5. The first-order valence-corrected chi connectivity index (χ1v) is 12.5. The monoisotopic (exact) mass is 437 g/mol. The fourth-order valence-electron chi connectivity index (χ4n) is 4.59. The molecule has 162 valence electrons. The highest BCUT2D eigenvalue weighted by Crippen LogP contribution is 2.32. The molecule has 0 bridgehead atoms. The van der Waals surface area contributed by atoms with Crippen LogP contribution in [0.15, 0.2) is 51.9 Å². The molecule has 2 aliphatic rings. The van der Waals surface area contributed by atoms with Crippen molar-refractivity contribution in [2.24, 2.45) is 0 Å². The van der Waals surface area contributed by atoms with Gasteiger partial charge in [0.05, 0.1) is 4.90 Å². The zero-order valence-corrected chi connectivity index (χ0v) is 18.6. The number of hydrogen-bond donors (Lipinski definition) is 0. The minimum Gasteiger partial charge on any atom is -0.334 e. The van der Waals surface area contributed by atoms with Crippen LogP contribution < -0.4 is 0 Å². The Labute approximate surface area is 183 Å². The summed E-state index contributed by atoms with van der Waals surface area (Å²) in [5.41, 5.74) is 4.57. The predicted octanol–water partition coefficient (Wildman–Crippen LogP) is 4.49. The van der Waals surface area contributed by atoms with E-state index in [4.69, 9.17) is 4.52 Å². The van der Waals surface area contributed by atoms with Crippen molar-refractivity contribution in [1.82, 2.24) is 14.4 Å². The van der Waals surface area contributed by atoms with Gasteiger partial charge < -0.3 is 4.52 Å². The molecule has 6 nitrogen and oxygen atoms in total. The third-order valence-corrected chi connectivity index (χ3v) is 8.41. The Morgan fingerprint density at radius 2 is 1.68 bits per heavy atom. The van der Waals surface area contributed by atoms with Crippen LogP contribution in [-0.4, -0.2) is 36.0 Å². The molecule has 3 aromatic rings. The molecule has 2 aromatic carbocycles. The summed E-state index contributed by atoms with van der Waals surface area (Å²) in [6.45, 7) is 2.98. The highest BCUT2D eigenvalue weighted by molar-refractivity contribution is 7.89. The first kappa shape index (κ1) is 20.4. The van der Waals surface area contributed by atoms with E-state index in [0.717, 1.165) is 24.8 Å². The normalized spacial score (nSPS) is 18.1. The molecule has 0 N–H and O–H groups in total. The summed E-state index contributed by atoms with van der Waals surface area (Å²) in [6, 6.07) is 13.6. The van der Waals surface area contributed by atoms with E-state index < -0.39 is 10.0 Å². The van der Waals surface area contributed by atoms with Crippen molar-refractivity contribution in [2.75, 3.05) is 13.1 Å². The maximum Gasteiger partial charge on any atom is 0.257 e. The third kappa shape index (κ3) is 4.04. The lowest BCUT2D eigenvalue weighted by Crippen LogP contribution is -2.38. The molecule has 0 amide bonds. The van der Waals surface area contributed by atoms with Gasteiger partial charge in [0.2, 0.25) is 10.0 Å². The van der Waals surface area contributed by atoms with Crippen molar-refractivity contribution in [2.45, 2.75) is 56.3 Å². The van der Waals surface area contributed by atoms with Crippen LogP contribution in [0.3, 0.4) is 0 Å². The molecular weight excluding hydrogens is 410 g/mol. The molecular formula is C24H27N3O3S.